The molecule has 2 saturated heterocycles. The molecule has 2 aliphatic heterocycles. The largest absolute Gasteiger partial charge is 0.339 e. The van der Waals surface area contributed by atoms with Crippen LogP contribution in [0.2, 0.25) is 0 Å². The second-order valence-electron chi connectivity index (χ2n) is 4.95. The number of rotatable bonds is 1. The van der Waals surface area contributed by atoms with E-state index in [1.54, 1.807) is 0 Å². The maximum atomic E-state index is 11.8. The number of carbonyl (C=O) groups excluding carboxylic acids is 1. The summed E-state index contributed by atoms with van der Waals surface area (Å²) < 4.78 is 0. The first kappa shape index (κ1) is 8.72. The minimum absolute atomic E-state index is 0.415. The van der Waals surface area contributed by atoms with Crippen molar-refractivity contribution in [2.45, 2.75) is 31.7 Å². The van der Waals surface area contributed by atoms with Gasteiger partial charge in [0.05, 0.1) is 0 Å². The second kappa shape index (κ2) is 3.23. The van der Waals surface area contributed by atoms with Crippen LogP contribution in [0.3, 0.4) is 0 Å². The van der Waals surface area contributed by atoms with E-state index < -0.39 is 0 Å². The van der Waals surface area contributed by atoms with Crippen LogP contribution in [-0.4, -0.2) is 36.5 Å². The Labute approximate surface area is 84.8 Å². The summed E-state index contributed by atoms with van der Waals surface area (Å²) in [5, 5.41) is 3.43. The Morgan fingerprint density at radius 3 is 2.64 bits per heavy atom. The van der Waals surface area contributed by atoms with Crippen molar-refractivity contribution < 1.29 is 4.79 Å². The fraction of sp³-hybridized carbons (Fsp3) is 0.909. The summed E-state index contributed by atoms with van der Waals surface area (Å²) in [7, 11) is 0. The zero-order valence-electron chi connectivity index (χ0n) is 8.54. The molecule has 0 aromatic heterocycles. The van der Waals surface area contributed by atoms with Crippen LogP contribution in [0.25, 0.3) is 0 Å². The molecule has 3 nitrogen and oxygen atoms in total. The number of hydrogen-bond donors (Lipinski definition) is 1. The predicted octanol–water partition coefficient (Wildman–Crippen LogP) is 0.607. The molecule has 1 aliphatic carbocycles. The van der Waals surface area contributed by atoms with Crippen molar-refractivity contribution in [3.05, 3.63) is 0 Å². The van der Waals surface area contributed by atoms with Gasteiger partial charge in [-0.25, -0.2) is 0 Å². The lowest BCUT2D eigenvalue weighted by molar-refractivity contribution is -0.145. The molecule has 2 heterocycles. The van der Waals surface area contributed by atoms with Gasteiger partial charge in [-0.3, -0.25) is 4.79 Å². The lowest BCUT2D eigenvalue weighted by Crippen LogP contribution is -2.65. The van der Waals surface area contributed by atoms with E-state index in [9.17, 15) is 4.79 Å². The molecule has 14 heavy (non-hydrogen) atoms. The number of hydrogen-bond acceptors (Lipinski definition) is 2. The van der Waals surface area contributed by atoms with Gasteiger partial charge in [0.15, 0.2) is 0 Å². The standard InChI is InChI=1S/C11H18N2O/c14-10-3-1-2-4-13(10)11-8-5-9(11)7-12-6-8/h8-9,11-12H,1-7H2. The highest BCUT2D eigenvalue weighted by atomic mass is 16.2. The summed E-state index contributed by atoms with van der Waals surface area (Å²) in [6.45, 7) is 3.28. The average molecular weight is 194 g/mol. The van der Waals surface area contributed by atoms with Crippen molar-refractivity contribution in [2.24, 2.45) is 11.8 Å². The van der Waals surface area contributed by atoms with Crippen LogP contribution in [0.15, 0.2) is 0 Å². The molecule has 78 valence electrons. The number of fused-ring (bicyclic) bond motifs is 2. The van der Waals surface area contributed by atoms with E-state index in [1.807, 2.05) is 0 Å². The molecule has 3 aliphatic rings. The molecule has 1 saturated carbocycles. The van der Waals surface area contributed by atoms with Crippen LogP contribution in [0.1, 0.15) is 25.7 Å². The molecule has 0 radical (unpaired) electrons. The summed E-state index contributed by atoms with van der Waals surface area (Å²) in [5.41, 5.74) is 0. The highest BCUT2D eigenvalue weighted by Gasteiger charge is 2.48. The van der Waals surface area contributed by atoms with Gasteiger partial charge in [0.25, 0.3) is 0 Å². The molecule has 3 fully saturated rings. The summed E-state index contributed by atoms with van der Waals surface area (Å²) in [6, 6.07) is 0.601. The van der Waals surface area contributed by atoms with Crippen LogP contribution in [0, 0.1) is 11.8 Å². The Hall–Kier alpha value is -0.570. The zero-order chi connectivity index (χ0) is 9.54. The number of carbonyl (C=O) groups is 1. The lowest BCUT2D eigenvalue weighted by atomic mass is 9.66. The van der Waals surface area contributed by atoms with Crippen LogP contribution >= 0.6 is 0 Å². The van der Waals surface area contributed by atoms with Crippen molar-refractivity contribution in [3.63, 3.8) is 0 Å². The van der Waals surface area contributed by atoms with Crippen molar-refractivity contribution in [1.82, 2.24) is 10.2 Å². The van der Waals surface area contributed by atoms with E-state index in [1.165, 1.54) is 12.8 Å². The third-order valence-electron chi connectivity index (χ3n) is 4.10. The van der Waals surface area contributed by atoms with Crippen molar-refractivity contribution in [3.8, 4) is 0 Å². The molecule has 3 rings (SSSR count). The van der Waals surface area contributed by atoms with Gasteiger partial charge in [-0.2, -0.15) is 0 Å². The molecule has 1 N–H and O–H groups in total. The Morgan fingerprint density at radius 2 is 2.00 bits per heavy atom. The quantitative estimate of drug-likeness (QED) is 0.663. The Kier molecular flexibility index (Phi) is 2.01. The topological polar surface area (TPSA) is 32.3 Å². The molecule has 2 atom stereocenters. The third-order valence-corrected chi connectivity index (χ3v) is 4.10. The highest BCUT2D eigenvalue weighted by Crippen LogP contribution is 2.41. The fourth-order valence-corrected chi connectivity index (χ4v) is 3.37. The van der Waals surface area contributed by atoms with Gasteiger partial charge in [-0.05, 0) is 44.2 Å². The molecular weight excluding hydrogens is 176 g/mol. The van der Waals surface area contributed by atoms with Crippen molar-refractivity contribution >= 4 is 5.91 Å². The van der Waals surface area contributed by atoms with E-state index in [0.717, 1.165) is 44.3 Å². The summed E-state index contributed by atoms with van der Waals surface area (Å²) in [5.74, 6) is 1.93. The zero-order valence-corrected chi connectivity index (χ0v) is 8.54. The number of likely N-dealkylation sites (tertiary alicyclic amines) is 1. The van der Waals surface area contributed by atoms with Gasteiger partial charge < -0.3 is 10.2 Å². The molecule has 2 bridgehead atoms. The molecule has 0 aromatic carbocycles. The van der Waals surface area contributed by atoms with Crippen LogP contribution < -0.4 is 5.32 Å². The van der Waals surface area contributed by atoms with E-state index in [-0.39, 0.29) is 0 Å². The molecule has 0 aromatic rings. The molecule has 0 spiro atoms. The monoisotopic (exact) mass is 194 g/mol. The normalized spacial score (nSPS) is 42.1. The van der Waals surface area contributed by atoms with E-state index >= 15 is 0 Å². The number of nitrogens with one attached hydrogen (secondary N) is 1. The van der Waals surface area contributed by atoms with Crippen LogP contribution in [0.4, 0.5) is 0 Å². The maximum Gasteiger partial charge on any atom is 0.222 e. The third kappa shape index (κ3) is 1.18. The van der Waals surface area contributed by atoms with Gasteiger partial charge in [0.2, 0.25) is 5.91 Å². The lowest BCUT2D eigenvalue weighted by Gasteiger charge is -2.55. The second-order valence-corrected chi connectivity index (χ2v) is 4.95. The molecule has 3 heteroatoms. The first-order valence-corrected chi connectivity index (χ1v) is 5.86. The molecular formula is C11H18N2O. The van der Waals surface area contributed by atoms with Gasteiger partial charge in [-0.1, -0.05) is 0 Å². The fourth-order valence-electron chi connectivity index (χ4n) is 3.37. The van der Waals surface area contributed by atoms with E-state index in [2.05, 4.69) is 10.2 Å². The first-order valence-electron chi connectivity index (χ1n) is 5.86. The number of piperidine rings is 3. The van der Waals surface area contributed by atoms with E-state index in [4.69, 9.17) is 0 Å². The smallest absolute Gasteiger partial charge is 0.222 e. The summed E-state index contributed by atoms with van der Waals surface area (Å²) in [6.07, 6.45) is 4.47. The Morgan fingerprint density at radius 1 is 1.21 bits per heavy atom. The van der Waals surface area contributed by atoms with Crippen molar-refractivity contribution in [2.75, 3.05) is 19.6 Å². The van der Waals surface area contributed by atoms with Crippen molar-refractivity contribution in [1.29, 1.82) is 0 Å². The first-order chi connectivity index (χ1) is 6.86. The van der Waals surface area contributed by atoms with Crippen LogP contribution in [-0.2, 0) is 4.79 Å². The Balaban J connectivity index is 1.72. The highest BCUT2D eigenvalue weighted by molar-refractivity contribution is 5.77. The molecule has 1 amide bonds. The minimum Gasteiger partial charge on any atom is -0.339 e. The SMILES string of the molecule is O=C1CCCCN1C1C2CNCC1C2. The Bertz CT molecular complexity index is 240. The van der Waals surface area contributed by atoms with Gasteiger partial charge in [0.1, 0.15) is 0 Å². The average Bonchev–Trinajstić information content (AvgIpc) is 2.22. The van der Waals surface area contributed by atoms with Gasteiger partial charge in [0, 0.05) is 19.0 Å². The summed E-state index contributed by atoms with van der Waals surface area (Å²) >= 11 is 0. The summed E-state index contributed by atoms with van der Waals surface area (Å²) in [4.78, 5) is 13.9. The van der Waals surface area contributed by atoms with Gasteiger partial charge >= 0.3 is 0 Å². The molecule has 2 unspecified atom stereocenters. The predicted molar refractivity (Wildman–Crippen MR) is 53.8 cm³/mol. The maximum absolute atomic E-state index is 11.8. The number of nitrogens with zero attached hydrogens (tertiary/aromatic N) is 1. The van der Waals surface area contributed by atoms with Gasteiger partial charge in [-0.15, -0.1) is 0 Å². The minimum atomic E-state index is 0.415. The number of amides is 1. The van der Waals surface area contributed by atoms with Crippen LogP contribution in [0.5, 0.6) is 0 Å². The van der Waals surface area contributed by atoms with E-state index in [0.29, 0.717) is 11.9 Å².